The first-order chi connectivity index (χ1) is 5.36. The van der Waals surface area contributed by atoms with Crippen molar-refractivity contribution in [3.8, 4) is 0 Å². The molecule has 0 unspecified atom stereocenters. The van der Waals surface area contributed by atoms with E-state index in [0.29, 0.717) is 25.9 Å². The third-order valence-electron chi connectivity index (χ3n) is 1.64. The second kappa shape index (κ2) is 4.43. The molecule has 0 spiro atoms. The summed E-state index contributed by atoms with van der Waals surface area (Å²) in [6.45, 7) is 1.15. The summed E-state index contributed by atoms with van der Waals surface area (Å²) >= 11 is 0. The smallest absolute Gasteiger partial charge is 0.214 e. The predicted molar refractivity (Wildman–Crippen MR) is 36.9 cm³/mol. The van der Waals surface area contributed by atoms with Crippen LogP contribution in [0.1, 0.15) is 6.42 Å². The van der Waals surface area contributed by atoms with Gasteiger partial charge in [-0.2, -0.15) is 0 Å². The molecule has 4 heteroatoms. The molecule has 1 aliphatic rings. The maximum atomic E-state index is 10.1. The summed E-state index contributed by atoms with van der Waals surface area (Å²) in [6.07, 6.45) is 0.616. The number of carbonyl (C=O) groups is 1. The summed E-state index contributed by atoms with van der Waals surface area (Å²) in [4.78, 5) is 10.1. The third-order valence-corrected chi connectivity index (χ3v) is 1.64. The van der Waals surface area contributed by atoms with Crippen molar-refractivity contribution in [3.63, 3.8) is 0 Å². The predicted octanol–water partition coefficient (Wildman–Crippen LogP) is -0.443. The molecule has 0 aliphatic carbocycles. The van der Waals surface area contributed by atoms with E-state index in [-0.39, 0.29) is 12.5 Å². The second-order valence-corrected chi connectivity index (χ2v) is 2.55. The Labute approximate surface area is 65.1 Å². The van der Waals surface area contributed by atoms with E-state index in [9.17, 15) is 4.79 Å². The Morgan fingerprint density at radius 2 is 2.09 bits per heavy atom. The largest absolute Gasteiger partial charge is 0.396 e. The van der Waals surface area contributed by atoms with Crippen molar-refractivity contribution in [1.82, 2.24) is 0 Å². The molecule has 0 saturated carbocycles. The van der Waals surface area contributed by atoms with Gasteiger partial charge in [-0.15, -0.1) is 0 Å². The van der Waals surface area contributed by atoms with Crippen LogP contribution in [-0.4, -0.2) is 37.5 Å². The SMILES string of the molecule is O=CC1OCC(CCO)CO1. The van der Waals surface area contributed by atoms with Gasteiger partial charge in [0.1, 0.15) is 0 Å². The van der Waals surface area contributed by atoms with Crippen molar-refractivity contribution in [2.45, 2.75) is 12.7 Å². The van der Waals surface area contributed by atoms with E-state index in [1.165, 1.54) is 0 Å². The molecule has 0 bridgehead atoms. The fraction of sp³-hybridized carbons (Fsp3) is 0.857. The lowest BCUT2D eigenvalue weighted by molar-refractivity contribution is -0.194. The zero-order valence-electron chi connectivity index (χ0n) is 6.23. The van der Waals surface area contributed by atoms with Crippen molar-refractivity contribution < 1.29 is 19.4 Å². The van der Waals surface area contributed by atoms with Crippen LogP contribution in [-0.2, 0) is 14.3 Å². The highest BCUT2D eigenvalue weighted by Crippen LogP contribution is 2.12. The Kier molecular flexibility index (Phi) is 3.48. The lowest BCUT2D eigenvalue weighted by Gasteiger charge is -2.25. The normalized spacial score (nSPS) is 31.7. The maximum Gasteiger partial charge on any atom is 0.214 e. The molecule has 0 radical (unpaired) electrons. The summed E-state index contributed by atoms with van der Waals surface area (Å²) in [5, 5.41) is 8.56. The molecular formula is C7H12O4. The summed E-state index contributed by atoms with van der Waals surface area (Å²) in [5.74, 6) is 0.233. The third kappa shape index (κ3) is 2.57. The number of ether oxygens (including phenoxy) is 2. The molecule has 0 atom stereocenters. The molecule has 1 N–H and O–H groups in total. The van der Waals surface area contributed by atoms with E-state index in [2.05, 4.69) is 0 Å². The Morgan fingerprint density at radius 3 is 2.55 bits per heavy atom. The monoisotopic (exact) mass is 160 g/mol. The quantitative estimate of drug-likeness (QED) is 0.568. The van der Waals surface area contributed by atoms with Gasteiger partial charge in [0, 0.05) is 12.5 Å². The molecule has 0 aromatic heterocycles. The van der Waals surface area contributed by atoms with Crippen molar-refractivity contribution >= 4 is 6.29 Å². The number of aliphatic hydroxyl groups is 1. The van der Waals surface area contributed by atoms with E-state index < -0.39 is 6.29 Å². The highest BCUT2D eigenvalue weighted by atomic mass is 16.7. The minimum absolute atomic E-state index is 0.142. The van der Waals surface area contributed by atoms with Crippen LogP contribution in [0.5, 0.6) is 0 Å². The van der Waals surface area contributed by atoms with Gasteiger partial charge < -0.3 is 14.6 Å². The molecule has 1 fully saturated rings. The first kappa shape index (κ1) is 8.64. The van der Waals surface area contributed by atoms with Gasteiger partial charge in [-0.3, -0.25) is 4.79 Å². The topological polar surface area (TPSA) is 55.8 Å². The van der Waals surface area contributed by atoms with Crippen molar-refractivity contribution in [1.29, 1.82) is 0 Å². The Balaban J connectivity index is 2.18. The van der Waals surface area contributed by atoms with Crippen molar-refractivity contribution in [2.75, 3.05) is 19.8 Å². The minimum atomic E-state index is -0.690. The fourth-order valence-electron chi connectivity index (χ4n) is 0.986. The van der Waals surface area contributed by atoms with Gasteiger partial charge in [0.2, 0.25) is 6.29 Å². The van der Waals surface area contributed by atoms with Gasteiger partial charge in [0.05, 0.1) is 13.2 Å². The Morgan fingerprint density at radius 1 is 1.45 bits per heavy atom. The van der Waals surface area contributed by atoms with Crippen LogP contribution in [0, 0.1) is 5.92 Å². The lowest BCUT2D eigenvalue weighted by Crippen LogP contribution is -2.33. The molecule has 0 amide bonds. The number of aldehydes is 1. The van der Waals surface area contributed by atoms with Gasteiger partial charge in [-0.25, -0.2) is 0 Å². The highest BCUT2D eigenvalue weighted by Gasteiger charge is 2.20. The van der Waals surface area contributed by atoms with Crippen LogP contribution < -0.4 is 0 Å². The van der Waals surface area contributed by atoms with Crippen LogP contribution in [0.25, 0.3) is 0 Å². The summed E-state index contributed by atoms with van der Waals surface area (Å²) in [6, 6.07) is 0. The van der Waals surface area contributed by atoms with Crippen LogP contribution in [0.15, 0.2) is 0 Å². The molecule has 0 aromatic rings. The number of hydrogen-bond acceptors (Lipinski definition) is 4. The number of carbonyl (C=O) groups excluding carboxylic acids is 1. The van der Waals surface area contributed by atoms with E-state index in [1.54, 1.807) is 0 Å². The van der Waals surface area contributed by atoms with Gasteiger partial charge in [0.25, 0.3) is 0 Å². The van der Waals surface area contributed by atoms with Gasteiger partial charge >= 0.3 is 0 Å². The average Bonchev–Trinajstić information content (AvgIpc) is 2.07. The molecule has 1 aliphatic heterocycles. The van der Waals surface area contributed by atoms with Crippen molar-refractivity contribution in [3.05, 3.63) is 0 Å². The highest BCUT2D eigenvalue weighted by molar-refractivity contribution is 5.53. The number of rotatable bonds is 3. The van der Waals surface area contributed by atoms with E-state index in [0.717, 1.165) is 0 Å². The zero-order chi connectivity index (χ0) is 8.10. The van der Waals surface area contributed by atoms with Crippen molar-refractivity contribution in [2.24, 2.45) is 5.92 Å². The molecule has 11 heavy (non-hydrogen) atoms. The fourth-order valence-corrected chi connectivity index (χ4v) is 0.986. The summed E-state index contributed by atoms with van der Waals surface area (Å²) < 4.78 is 9.98. The first-order valence-corrected chi connectivity index (χ1v) is 3.66. The van der Waals surface area contributed by atoms with E-state index in [1.807, 2.05) is 0 Å². The van der Waals surface area contributed by atoms with E-state index >= 15 is 0 Å². The molecule has 1 saturated heterocycles. The Hall–Kier alpha value is -0.450. The first-order valence-electron chi connectivity index (χ1n) is 3.66. The molecule has 1 rings (SSSR count). The molecular weight excluding hydrogens is 148 g/mol. The van der Waals surface area contributed by atoms with Crippen LogP contribution in [0.4, 0.5) is 0 Å². The number of hydrogen-bond donors (Lipinski definition) is 1. The average molecular weight is 160 g/mol. The lowest BCUT2D eigenvalue weighted by atomic mass is 10.1. The van der Waals surface area contributed by atoms with Crippen LogP contribution in [0.2, 0.25) is 0 Å². The molecule has 4 nitrogen and oxygen atoms in total. The summed E-state index contributed by atoms with van der Waals surface area (Å²) in [5.41, 5.74) is 0. The second-order valence-electron chi connectivity index (χ2n) is 2.55. The Bertz CT molecular complexity index is 118. The molecule has 1 heterocycles. The zero-order valence-corrected chi connectivity index (χ0v) is 6.23. The van der Waals surface area contributed by atoms with Crippen LogP contribution in [0.3, 0.4) is 0 Å². The molecule has 0 aromatic carbocycles. The maximum absolute atomic E-state index is 10.1. The van der Waals surface area contributed by atoms with Gasteiger partial charge in [0.15, 0.2) is 6.29 Å². The van der Waals surface area contributed by atoms with Gasteiger partial charge in [-0.05, 0) is 6.42 Å². The standard InChI is InChI=1S/C7H12O4/c8-2-1-6-4-10-7(3-9)11-5-6/h3,6-8H,1-2,4-5H2. The number of aliphatic hydroxyl groups excluding tert-OH is 1. The van der Waals surface area contributed by atoms with Gasteiger partial charge in [-0.1, -0.05) is 0 Å². The molecule has 64 valence electrons. The minimum Gasteiger partial charge on any atom is -0.396 e. The van der Waals surface area contributed by atoms with Crippen LogP contribution >= 0.6 is 0 Å². The summed E-state index contributed by atoms with van der Waals surface area (Å²) in [7, 11) is 0. The van der Waals surface area contributed by atoms with E-state index in [4.69, 9.17) is 14.6 Å².